The predicted molar refractivity (Wildman–Crippen MR) is 73.0 cm³/mol. The number of carbonyl (C=O) groups is 1. The highest BCUT2D eigenvalue weighted by molar-refractivity contribution is 5.92. The highest BCUT2D eigenvalue weighted by Crippen LogP contribution is 2.42. The molecule has 0 unspecified atom stereocenters. The first-order chi connectivity index (χ1) is 12.2. The first-order valence-corrected chi connectivity index (χ1v) is 6.82. The van der Waals surface area contributed by atoms with Crippen LogP contribution in [0.25, 0.3) is 0 Å². The lowest BCUT2D eigenvalue weighted by atomic mass is 10.2. The Kier molecular flexibility index (Phi) is 4.30. The van der Waals surface area contributed by atoms with Crippen molar-refractivity contribution in [2.75, 3.05) is 11.9 Å². The van der Waals surface area contributed by atoms with Crippen LogP contribution in [0.1, 0.15) is 0 Å². The molecule has 1 amide bonds. The molecule has 1 N–H and O–H groups in total. The van der Waals surface area contributed by atoms with Gasteiger partial charge in [-0.1, -0.05) is 0 Å². The number of anilines is 1. The third-order valence-corrected chi connectivity index (χ3v) is 3.10. The van der Waals surface area contributed by atoms with Crippen LogP contribution >= 0.6 is 0 Å². The van der Waals surface area contributed by atoms with Gasteiger partial charge in [-0.05, 0) is 12.1 Å². The van der Waals surface area contributed by atoms with E-state index in [1.165, 1.54) is 6.07 Å². The van der Waals surface area contributed by atoms with E-state index in [0.29, 0.717) is 0 Å². The Hall–Kier alpha value is -3.11. The zero-order valence-corrected chi connectivity index (χ0v) is 12.4. The van der Waals surface area contributed by atoms with Gasteiger partial charge in [-0.2, -0.15) is 8.78 Å². The maximum Gasteiger partial charge on any atom is 0.586 e. The van der Waals surface area contributed by atoms with Crippen molar-refractivity contribution in [1.29, 1.82) is 0 Å². The van der Waals surface area contributed by atoms with Gasteiger partial charge >= 0.3 is 6.29 Å². The Balaban J connectivity index is 1.66. The lowest BCUT2D eigenvalue weighted by Gasteiger charge is -2.10. The monoisotopic (exact) mass is 379 g/mol. The average molecular weight is 379 g/mol. The zero-order chi connectivity index (χ0) is 19.1. The van der Waals surface area contributed by atoms with Crippen LogP contribution in [0.5, 0.6) is 17.2 Å². The molecule has 1 aliphatic rings. The van der Waals surface area contributed by atoms with Gasteiger partial charge in [0.1, 0.15) is 0 Å². The summed E-state index contributed by atoms with van der Waals surface area (Å²) in [6.45, 7) is -1.01. The molecule has 0 saturated heterocycles. The quantitative estimate of drug-likeness (QED) is 0.652. The lowest BCUT2D eigenvalue weighted by molar-refractivity contribution is -0.286. The molecule has 11 heteroatoms. The summed E-state index contributed by atoms with van der Waals surface area (Å²) >= 11 is 0. The van der Waals surface area contributed by atoms with Crippen LogP contribution in [0.4, 0.5) is 32.0 Å². The number of carbonyl (C=O) groups excluding carboxylic acids is 1. The topological polar surface area (TPSA) is 56.8 Å². The minimum Gasteiger partial charge on any atom is -0.477 e. The van der Waals surface area contributed by atoms with Gasteiger partial charge in [0.15, 0.2) is 35.5 Å². The van der Waals surface area contributed by atoms with Crippen LogP contribution < -0.4 is 19.5 Å². The second kappa shape index (κ2) is 6.32. The van der Waals surface area contributed by atoms with E-state index in [1.807, 2.05) is 0 Å². The Bertz CT molecular complexity index is 863. The smallest absolute Gasteiger partial charge is 0.477 e. The first-order valence-electron chi connectivity index (χ1n) is 6.82. The normalized spacial score (nSPS) is 14.2. The van der Waals surface area contributed by atoms with Gasteiger partial charge in [-0.25, -0.2) is 8.78 Å². The van der Waals surface area contributed by atoms with Crippen LogP contribution in [-0.4, -0.2) is 18.8 Å². The molecule has 26 heavy (non-hydrogen) atoms. The first kappa shape index (κ1) is 17.7. The summed E-state index contributed by atoms with van der Waals surface area (Å²) in [6, 6.07) is 3.27. The number of ether oxygens (including phenoxy) is 3. The van der Waals surface area contributed by atoms with E-state index in [4.69, 9.17) is 0 Å². The molecule has 5 nitrogen and oxygen atoms in total. The van der Waals surface area contributed by atoms with Gasteiger partial charge in [0, 0.05) is 17.8 Å². The van der Waals surface area contributed by atoms with Crippen LogP contribution in [0.3, 0.4) is 0 Å². The second-order valence-electron chi connectivity index (χ2n) is 4.96. The number of nitrogens with one attached hydrogen (secondary N) is 1. The number of hydrogen-bond acceptors (Lipinski definition) is 4. The largest absolute Gasteiger partial charge is 0.586 e. The standard InChI is InChI=1S/C15H7F6NO4/c16-7-4-8(17)13(19)14(12(7)18)24-5-11(23)22-6-1-2-9-10(3-6)26-15(20,21)25-9/h1-4H,5H2,(H,22,23). The number of alkyl halides is 2. The Labute approximate surface area is 141 Å². The Morgan fingerprint density at radius 1 is 1.00 bits per heavy atom. The van der Waals surface area contributed by atoms with Crippen LogP contribution in [0.2, 0.25) is 0 Å². The zero-order valence-electron chi connectivity index (χ0n) is 12.4. The molecule has 1 aliphatic heterocycles. The molecule has 0 fully saturated rings. The van der Waals surface area contributed by atoms with Crippen molar-refractivity contribution in [2.24, 2.45) is 0 Å². The van der Waals surface area contributed by atoms with E-state index in [1.54, 1.807) is 0 Å². The second-order valence-corrected chi connectivity index (χ2v) is 4.96. The Morgan fingerprint density at radius 3 is 2.27 bits per heavy atom. The van der Waals surface area contributed by atoms with Crippen molar-refractivity contribution >= 4 is 11.6 Å². The van der Waals surface area contributed by atoms with Crippen molar-refractivity contribution in [3.63, 3.8) is 0 Å². The lowest BCUT2D eigenvalue weighted by Crippen LogP contribution is -2.25. The van der Waals surface area contributed by atoms with E-state index >= 15 is 0 Å². The van der Waals surface area contributed by atoms with E-state index in [0.717, 1.165) is 12.1 Å². The molecule has 138 valence electrons. The van der Waals surface area contributed by atoms with Crippen LogP contribution in [-0.2, 0) is 4.79 Å². The molecule has 0 aromatic heterocycles. The fraction of sp³-hybridized carbons (Fsp3) is 0.133. The number of benzene rings is 2. The number of amides is 1. The maximum atomic E-state index is 13.4. The summed E-state index contributed by atoms with van der Waals surface area (Å²) in [6.07, 6.45) is -3.84. The number of halogens is 6. The summed E-state index contributed by atoms with van der Waals surface area (Å²) in [5, 5.41) is 2.16. The molecule has 1 heterocycles. The van der Waals surface area contributed by atoms with Gasteiger partial charge in [0.2, 0.25) is 11.6 Å². The molecule has 0 atom stereocenters. The van der Waals surface area contributed by atoms with E-state index in [9.17, 15) is 31.1 Å². The summed E-state index contributed by atoms with van der Waals surface area (Å²) in [5.74, 6) is -10.0. The van der Waals surface area contributed by atoms with Gasteiger partial charge < -0.3 is 19.5 Å². The summed E-state index contributed by atoms with van der Waals surface area (Å²) in [7, 11) is 0. The molecule has 0 saturated carbocycles. The molecule has 0 spiro atoms. The predicted octanol–water partition coefficient (Wildman–Crippen LogP) is 3.58. The van der Waals surface area contributed by atoms with Crippen molar-refractivity contribution in [3.05, 3.63) is 47.5 Å². The van der Waals surface area contributed by atoms with E-state index in [2.05, 4.69) is 19.5 Å². The van der Waals surface area contributed by atoms with Gasteiger partial charge in [0.05, 0.1) is 0 Å². The fourth-order valence-corrected chi connectivity index (χ4v) is 2.04. The number of hydrogen-bond donors (Lipinski definition) is 1. The van der Waals surface area contributed by atoms with Gasteiger partial charge in [-0.3, -0.25) is 4.79 Å². The number of rotatable bonds is 4. The SMILES string of the molecule is O=C(COc1c(F)c(F)cc(F)c1F)Nc1ccc2c(c1)OC(F)(F)O2. The molecular formula is C15H7F6NO4. The fourth-order valence-electron chi connectivity index (χ4n) is 2.04. The third kappa shape index (κ3) is 3.46. The van der Waals surface area contributed by atoms with E-state index < -0.39 is 47.8 Å². The number of fused-ring (bicyclic) bond motifs is 1. The maximum absolute atomic E-state index is 13.4. The molecule has 0 bridgehead atoms. The Morgan fingerprint density at radius 2 is 1.62 bits per heavy atom. The molecular weight excluding hydrogens is 372 g/mol. The molecule has 0 aliphatic carbocycles. The van der Waals surface area contributed by atoms with Crippen molar-refractivity contribution in [2.45, 2.75) is 6.29 Å². The van der Waals surface area contributed by atoms with E-state index in [-0.39, 0.29) is 23.3 Å². The van der Waals surface area contributed by atoms with Crippen molar-refractivity contribution < 1.29 is 45.3 Å². The molecule has 2 aromatic carbocycles. The molecule has 3 rings (SSSR count). The van der Waals surface area contributed by atoms with Gasteiger partial charge in [0.25, 0.3) is 5.91 Å². The van der Waals surface area contributed by atoms with Crippen LogP contribution in [0, 0.1) is 23.3 Å². The van der Waals surface area contributed by atoms with Crippen LogP contribution in [0.15, 0.2) is 24.3 Å². The molecule has 2 aromatic rings. The average Bonchev–Trinajstić information content (AvgIpc) is 2.86. The summed E-state index contributed by atoms with van der Waals surface area (Å²) in [5.41, 5.74) is -0.0231. The highest BCUT2D eigenvalue weighted by atomic mass is 19.3. The van der Waals surface area contributed by atoms with Crippen molar-refractivity contribution in [3.8, 4) is 17.2 Å². The summed E-state index contributed by atoms with van der Waals surface area (Å²) < 4.78 is 91.5. The third-order valence-electron chi connectivity index (χ3n) is 3.10. The summed E-state index contributed by atoms with van der Waals surface area (Å²) in [4.78, 5) is 11.7. The van der Waals surface area contributed by atoms with Gasteiger partial charge in [-0.15, -0.1) is 8.78 Å². The minimum absolute atomic E-state index is 0.0139. The van der Waals surface area contributed by atoms with Crippen molar-refractivity contribution in [1.82, 2.24) is 0 Å². The minimum atomic E-state index is -3.84. The highest BCUT2D eigenvalue weighted by Gasteiger charge is 2.43. The molecule has 0 radical (unpaired) electrons.